The summed E-state index contributed by atoms with van der Waals surface area (Å²) in [6.07, 6.45) is 2.63. The van der Waals surface area contributed by atoms with E-state index in [4.69, 9.17) is 0 Å². The van der Waals surface area contributed by atoms with Crippen molar-refractivity contribution in [3.8, 4) is 0 Å². The molecule has 0 aromatic rings. The highest BCUT2D eigenvalue weighted by Crippen LogP contribution is 2.41. The van der Waals surface area contributed by atoms with Crippen LogP contribution in [0.2, 0.25) is 0 Å². The van der Waals surface area contributed by atoms with Gasteiger partial charge in [0.25, 0.3) is 0 Å². The molecule has 1 rings (SSSR count). The summed E-state index contributed by atoms with van der Waals surface area (Å²) in [5.74, 6) is 0.393. The highest BCUT2D eigenvalue weighted by molar-refractivity contribution is 5.79. The Morgan fingerprint density at radius 3 is 2.64 bits per heavy atom. The second-order valence-electron chi connectivity index (χ2n) is 4.58. The number of carbonyl (C=O) groups is 1. The van der Waals surface area contributed by atoms with Gasteiger partial charge in [0.05, 0.1) is 0 Å². The molecule has 0 saturated heterocycles. The van der Waals surface area contributed by atoms with E-state index < -0.39 is 0 Å². The molecule has 4 heteroatoms. The molecule has 1 aliphatic carbocycles. The topological polar surface area (TPSA) is 60.2 Å². The first-order valence-electron chi connectivity index (χ1n) is 5.10. The minimum absolute atomic E-state index is 0.0591. The molecule has 1 atom stereocenters. The zero-order valence-electron chi connectivity index (χ0n) is 8.78. The molecule has 0 aromatic heterocycles. The zero-order chi connectivity index (χ0) is 10.8. The van der Waals surface area contributed by atoms with Crippen LogP contribution in [0.4, 0.5) is 0 Å². The number of Topliss-reactive ketones (excluding diaryl/α,β-unsaturated/α-hetero) is 1. The Balaban J connectivity index is 2.79. The van der Waals surface area contributed by atoms with Gasteiger partial charge in [0.2, 0.25) is 6.54 Å². The Hall–Kier alpha value is -0.930. The summed E-state index contributed by atoms with van der Waals surface area (Å²) in [6, 6.07) is 0. The molecule has 0 amide bonds. The molecule has 14 heavy (non-hydrogen) atoms. The molecular weight excluding hydrogens is 182 g/mol. The Kier molecular flexibility index (Phi) is 3.24. The van der Waals surface area contributed by atoms with Crippen LogP contribution in [0.3, 0.4) is 0 Å². The van der Waals surface area contributed by atoms with Gasteiger partial charge in [-0.15, -0.1) is 0 Å². The molecule has 0 radical (unpaired) electrons. The Labute approximate surface area is 83.8 Å². The van der Waals surface area contributed by atoms with Crippen LogP contribution >= 0.6 is 0 Å². The number of hydrogen-bond acceptors (Lipinski definition) is 3. The van der Waals surface area contributed by atoms with E-state index in [0.717, 1.165) is 12.8 Å². The van der Waals surface area contributed by atoms with Crippen molar-refractivity contribution in [3.63, 3.8) is 0 Å². The lowest BCUT2D eigenvalue weighted by Gasteiger charge is -2.36. The molecule has 0 aromatic carbocycles. The lowest BCUT2D eigenvalue weighted by molar-refractivity contribution is -0.500. The summed E-state index contributed by atoms with van der Waals surface area (Å²) in [4.78, 5) is 21.6. The molecular formula is C10H17NO3. The molecule has 4 nitrogen and oxygen atoms in total. The van der Waals surface area contributed by atoms with Crippen LogP contribution in [-0.2, 0) is 4.79 Å². The Bertz CT molecular complexity index is 246. The van der Waals surface area contributed by atoms with Crippen LogP contribution in [0, 0.1) is 21.4 Å². The maximum absolute atomic E-state index is 11.3. The van der Waals surface area contributed by atoms with Crippen molar-refractivity contribution in [1.29, 1.82) is 0 Å². The molecule has 0 bridgehead atoms. The molecule has 1 saturated carbocycles. The van der Waals surface area contributed by atoms with Crippen molar-refractivity contribution in [2.45, 2.75) is 39.5 Å². The fraction of sp³-hybridized carbons (Fsp3) is 0.900. The van der Waals surface area contributed by atoms with Crippen molar-refractivity contribution in [1.82, 2.24) is 0 Å². The first-order chi connectivity index (χ1) is 6.46. The van der Waals surface area contributed by atoms with Gasteiger partial charge in [0.15, 0.2) is 0 Å². The van der Waals surface area contributed by atoms with Gasteiger partial charge in [-0.2, -0.15) is 0 Å². The number of nitrogens with zero attached hydrogens (tertiary/aromatic N) is 1. The summed E-state index contributed by atoms with van der Waals surface area (Å²) in [5, 5.41) is 10.6. The average molecular weight is 199 g/mol. The predicted molar refractivity (Wildman–Crippen MR) is 52.6 cm³/mol. The number of carbonyl (C=O) groups excluding carboxylic acids is 1. The van der Waals surface area contributed by atoms with Crippen molar-refractivity contribution in [2.24, 2.45) is 11.3 Å². The third kappa shape index (κ3) is 2.30. The third-order valence-electron chi connectivity index (χ3n) is 3.35. The zero-order valence-corrected chi connectivity index (χ0v) is 8.78. The van der Waals surface area contributed by atoms with E-state index in [0.29, 0.717) is 12.8 Å². The third-order valence-corrected chi connectivity index (χ3v) is 3.35. The van der Waals surface area contributed by atoms with Gasteiger partial charge in [0.1, 0.15) is 5.78 Å². The van der Waals surface area contributed by atoms with Crippen molar-refractivity contribution in [3.05, 3.63) is 10.1 Å². The first kappa shape index (κ1) is 11.1. The van der Waals surface area contributed by atoms with E-state index in [9.17, 15) is 14.9 Å². The van der Waals surface area contributed by atoms with Crippen LogP contribution in [-0.4, -0.2) is 17.3 Å². The quantitative estimate of drug-likeness (QED) is 0.516. The lowest BCUT2D eigenvalue weighted by atomic mass is 9.66. The summed E-state index contributed by atoms with van der Waals surface area (Å²) < 4.78 is 0. The van der Waals surface area contributed by atoms with Crippen molar-refractivity contribution >= 4 is 5.78 Å². The first-order valence-corrected chi connectivity index (χ1v) is 5.10. The van der Waals surface area contributed by atoms with E-state index in [2.05, 4.69) is 0 Å². The van der Waals surface area contributed by atoms with E-state index in [-0.39, 0.29) is 28.6 Å². The largest absolute Gasteiger partial charge is 0.300 e. The smallest absolute Gasteiger partial charge is 0.210 e. The van der Waals surface area contributed by atoms with Gasteiger partial charge in [-0.25, -0.2) is 0 Å². The highest BCUT2D eigenvalue weighted by Gasteiger charge is 2.42. The normalized spacial score (nSPS) is 28.1. The molecule has 0 heterocycles. The summed E-state index contributed by atoms with van der Waals surface area (Å²) in [7, 11) is 0. The van der Waals surface area contributed by atoms with Gasteiger partial charge in [-0.1, -0.05) is 13.8 Å². The minimum Gasteiger partial charge on any atom is -0.300 e. The van der Waals surface area contributed by atoms with Crippen LogP contribution < -0.4 is 0 Å². The fourth-order valence-corrected chi connectivity index (χ4v) is 2.27. The second kappa shape index (κ2) is 4.07. The molecule has 0 N–H and O–H groups in total. The molecule has 0 spiro atoms. The lowest BCUT2D eigenvalue weighted by Crippen LogP contribution is -2.39. The second-order valence-corrected chi connectivity index (χ2v) is 4.58. The van der Waals surface area contributed by atoms with Gasteiger partial charge in [0, 0.05) is 23.2 Å². The van der Waals surface area contributed by atoms with E-state index in [1.807, 2.05) is 13.8 Å². The Morgan fingerprint density at radius 2 is 2.21 bits per heavy atom. The minimum atomic E-state index is -0.376. The van der Waals surface area contributed by atoms with Crippen LogP contribution in [0.15, 0.2) is 0 Å². The summed E-state index contributed by atoms with van der Waals surface area (Å²) in [6.45, 7) is 3.89. The molecule has 0 aliphatic heterocycles. The number of nitro groups is 1. The van der Waals surface area contributed by atoms with Gasteiger partial charge in [-0.05, 0) is 18.8 Å². The summed E-state index contributed by atoms with van der Waals surface area (Å²) >= 11 is 0. The molecule has 0 unspecified atom stereocenters. The highest BCUT2D eigenvalue weighted by atomic mass is 16.6. The number of rotatable bonds is 3. The number of hydrogen-bond donors (Lipinski definition) is 0. The van der Waals surface area contributed by atoms with E-state index >= 15 is 0 Å². The van der Waals surface area contributed by atoms with Gasteiger partial charge >= 0.3 is 0 Å². The Morgan fingerprint density at radius 1 is 1.57 bits per heavy atom. The fourth-order valence-electron chi connectivity index (χ4n) is 2.27. The van der Waals surface area contributed by atoms with Crippen LogP contribution in [0.5, 0.6) is 0 Å². The van der Waals surface area contributed by atoms with Crippen molar-refractivity contribution < 1.29 is 9.72 Å². The SMILES string of the molecule is CC(C)[C@@]1(C[N+](=O)[O-])CCCC(=O)C1. The van der Waals surface area contributed by atoms with Crippen LogP contribution in [0.1, 0.15) is 39.5 Å². The maximum atomic E-state index is 11.3. The van der Waals surface area contributed by atoms with Gasteiger partial charge < -0.3 is 0 Å². The molecule has 1 fully saturated rings. The van der Waals surface area contributed by atoms with Gasteiger partial charge in [-0.3, -0.25) is 14.9 Å². The standard InChI is InChI=1S/C10H17NO3/c1-8(2)10(7-11(13)14)5-3-4-9(12)6-10/h8H,3-7H2,1-2H3/t10-/m0/s1. The molecule has 80 valence electrons. The van der Waals surface area contributed by atoms with E-state index in [1.54, 1.807) is 0 Å². The molecule has 1 aliphatic rings. The van der Waals surface area contributed by atoms with Crippen LogP contribution in [0.25, 0.3) is 0 Å². The predicted octanol–water partition coefficient (Wildman–Crippen LogP) is 2.05. The monoisotopic (exact) mass is 199 g/mol. The number of ketones is 1. The average Bonchev–Trinajstić information content (AvgIpc) is 2.02. The van der Waals surface area contributed by atoms with Crippen molar-refractivity contribution in [2.75, 3.05) is 6.54 Å². The summed E-state index contributed by atoms with van der Waals surface area (Å²) in [5.41, 5.74) is -0.376. The van der Waals surface area contributed by atoms with E-state index in [1.165, 1.54) is 0 Å². The maximum Gasteiger partial charge on any atom is 0.210 e.